The van der Waals surface area contributed by atoms with Crippen LogP contribution in [0.25, 0.3) is 10.9 Å². The average molecular weight is 409 g/mol. The second-order valence-corrected chi connectivity index (χ2v) is 6.87. The van der Waals surface area contributed by atoms with Gasteiger partial charge < -0.3 is 10.3 Å². The Labute approximate surface area is 174 Å². The summed E-state index contributed by atoms with van der Waals surface area (Å²) in [6.07, 6.45) is 3.99. The van der Waals surface area contributed by atoms with Crippen molar-refractivity contribution in [2.45, 2.75) is 25.3 Å². The highest BCUT2D eigenvalue weighted by atomic mass is 35.5. The molecule has 0 aliphatic carbocycles. The maximum Gasteiger partial charge on any atom is 0.258 e. The molecule has 0 aliphatic heterocycles. The molecule has 2 amide bonds. The number of rotatable bonds is 7. The minimum absolute atomic E-state index is 0.236. The third-order valence-corrected chi connectivity index (χ3v) is 5.08. The van der Waals surface area contributed by atoms with Crippen LogP contribution in [-0.2, 0) is 17.1 Å². The molecule has 2 N–H and O–H groups in total. The highest BCUT2D eigenvalue weighted by Crippen LogP contribution is 2.20. The molecule has 1 atom stereocenters. The van der Waals surface area contributed by atoms with E-state index < -0.39 is 11.9 Å². The molecule has 2 aromatic carbocycles. The Balaban J connectivity index is 1.87. The van der Waals surface area contributed by atoms with Crippen molar-refractivity contribution in [1.29, 1.82) is 5.26 Å². The Morgan fingerprint density at radius 1 is 1.21 bits per heavy atom. The molecule has 0 spiro atoms. The van der Waals surface area contributed by atoms with Crippen molar-refractivity contribution in [3.63, 3.8) is 0 Å². The number of benzene rings is 2. The SMILES string of the molecule is CCN(C#N)C(=O)C(Cc1c[nH]c2ccccc12)NC(=O)c1ccc(CCl)cc1. The zero-order valence-electron chi connectivity index (χ0n) is 16.0. The Kier molecular flexibility index (Phi) is 6.53. The third-order valence-electron chi connectivity index (χ3n) is 4.78. The van der Waals surface area contributed by atoms with Crippen molar-refractivity contribution in [2.24, 2.45) is 0 Å². The van der Waals surface area contributed by atoms with Crippen LogP contribution in [0.3, 0.4) is 0 Å². The fourth-order valence-corrected chi connectivity index (χ4v) is 3.35. The van der Waals surface area contributed by atoms with Crippen LogP contribution in [0.2, 0.25) is 0 Å². The van der Waals surface area contributed by atoms with Crippen molar-refractivity contribution in [2.75, 3.05) is 6.54 Å². The fourth-order valence-electron chi connectivity index (χ4n) is 3.17. The maximum atomic E-state index is 12.9. The first-order valence-electron chi connectivity index (χ1n) is 9.29. The molecular weight excluding hydrogens is 388 g/mol. The molecule has 0 saturated carbocycles. The summed E-state index contributed by atoms with van der Waals surface area (Å²) in [5.41, 5.74) is 3.17. The van der Waals surface area contributed by atoms with Gasteiger partial charge in [0.1, 0.15) is 6.04 Å². The lowest BCUT2D eigenvalue weighted by Crippen LogP contribution is -2.48. The number of halogens is 1. The van der Waals surface area contributed by atoms with Crippen LogP contribution in [-0.4, -0.2) is 34.3 Å². The number of aromatic amines is 1. The Bertz CT molecular complexity index is 1050. The summed E-state index contributed by atoms with van der Waals surface area (Å²) < 4.78 is 0. The molecule has 29 heavy (non-hydrogen) atoms. The molecule has 6 nitrogen and oxygen atoms in total. The summed E-state index contributed by atoms with van der Waals surface area (Å²) in [5.74, 6) is -0.457. The molecule has 0 aliphatic rings. The van der Waals surface area contributed by atoms with Gasteiger partial charge in [0.05, 0.1) is 0 Å². The van der Waals surface area contributed by atoms with E-state index >= 15 is 0 Å². The van der Waals surface area contributed by atoms with E-state index in [1.807, 2.05) is 36.7 Å². The first kappa shape index (κ1) is 20.4. The van der Waals surface area contributed by atoms with Gasteiger partial charge in [-0.3, -0.25) is 9.59 Å². The predicted molar refractivity (Wildman–Crippen MR) is 112 cm³/mol. The lowest BCUT2D eigenvalue weighted by molar-refractivity contribution is -0.130. The molecule has 0 bridgehead atoms. The van der Waals surface area contributed by atoms with E-state index in [0.717, 1.165) is 26.9 Å². The van der Waals surface area contributed by atoms with Gasteiger partial charge in [0.15, 0.2) is 6.19 Å². The molecule has 0 saturated heterocycles. The van der Waals surface area contributed by atoms with Crippen LogP contribution in [0.1, 0.15) is 28.4 Å². The van der Waals surface area contributed by atoms with Gasteiger partial charge in [0.2, 0.25) is 0 Å². The van der Waals surface area contributed by atoms with Crippen molar-refractivity contribution in [3.05, 3.63) is 71.4 Å². The average Bonchev–Trinajstić information content (AvgIpc) is 3.17. The number of hydrogen-bond donors (Lipinski definition) is 2. The Morgan fingerprint density at radius 3 is 2.59 bits per heavy atom. The van der Waals surface area contributed by atoms with Crippen LogP contribution in [0.4, 0.5) is 0 Å². The minimum atomic E-state index is -0.867. The summed E-state index contributed by atoms with van der Waals surface area (Å²) >= 11 is 5.79. The summed E-state index contributed by atoms with van der Waals surface area (Å²) in [7, 11) is 0. The number of aromatic nitrogens is 1. The normalized spacial score (nSPS) is 11.6. The maximum absolute atomic E-state index is 12.9. The van der Waals surface area contributed by atoms with E-state index in [2.05, 4.69) is 10.3 Å². The molecule has 1 unspecified atom stereocenters. The third kappa shape index (κ3) is 4.58. The van der Waals surface area contributed by atoms with Crippen molar-refractivity contribution >= 4 is 34.3 Å². The van der Waals surface area contributed by atoms with Crippen molar-refractivity contribution in [3.8, 4) is 6.19 Å². The van der Waals surface area contributed by atoms with Gasteiger partial charge in [-0.2, -0.15) is 5.26 Å². The molecule has 148 valence electrons. The monoisotopic (exact) mass is 408 g/mol. The molecule has 7 heteroatoms. The topological polar surface area (TPSA) is 89.0 Å². The van der Waals surface area contributed by atoms with Crippen LogP contribution < -0.4 is 5.32 Å². The molecule has 0 radical (unpaired) electrons. The molecule has 0 fully saturated rings. The summed E-state index contributed by atoms with van der Waals surface area (Å²) in [4.78, 5) is 29.9. The van der Waals surface area contributed by atoms with Gasteiger partial charge in [0, 0.05) is 41.5 Å². The van der Waals surface area contributed by atoms with E-state index in [-0.39, 0.29) is 18.9 Å². The second kappa shape index (κ2) is 9.26. The zero-order chi connectivity index (χ0) is 20.8. The first-order chi connectivity index (χ1) is 14.1. The molecular formula is C22H21ClN4O2. The van der Waals surface area contributed by atoms with Gasteiger partial charge in [-0.25, -0.2) is 4.90 Å². The van der Waals surface area contributed by atoms with Crippen LogP contribution in [0.15, 0.2) is 54.7 Å². The van der Waals surface area contributed by atoms with Gasteiger partial charge in [-0.15, -0.1) is 11.6 Å². The predicted octanol–water partition coefficient (Wildman–Crippen LogP) is 3.58. The van der Waals surface area contributed by atoms with E-state index in [1.54, 1.807) is 31.2 Å². The number of amides is 2. The summed E-state index contributed by atoms with van der Waals surface area (Å²) in [6, 6.07) is 13.8. The van der Waals surface area contributed by atoms with Gasteiger partial charge in [-0.1, -0.05) is 30.3 Å². The van der Waals surface area contributed by atoms with Crippen LogP contribution in [0, 0.1) is 11.5 Å². The number of nitriles is 1. The lowest BCUT2D eigenvalue weighted by atomic mass is 10.0. The standard InChI is InChI=1S/C22H21ClN4O2/c1-2-27(14-24)22(29)20(11-17-13-25-19-6-4-3-5-18(17)19)26-21(28)16-9-7-15(12-23)8-10-16/h3-10,13,20,25H,2,11-12H2,1H3,(H,26,28). The number of fused-ring (bicyclic) bond motifs is 1. The van der Waals surface area contributed by atoms with E-state index in [0.29, 0.717) is 11.4 Å². The smallest absolute Gasteiger partial charge is 0.258 e. The van der Waals surface area contributed by atoms with Gasteiger partial charge in [0.25, 0.3) is 11.8 Å². The fraction of sp³-hybridized carbons (Fsp3) is 0.227. The van der Waals surface area contributed by atoms with Crippen LogP contribution >= 0.6 is 11.6 Å². The number of carbonyl (C=O) groups is 2. The Hall–Kier alpha value is -3.30. The number of H-pyrrole nitrogens is 1. The quantitative estimate of drug-likeness (QED) is 0.355. The highest BCUT2D eigenvalue weighted by Gasteiger charge is 2.27. The minimum Gasteiger partial charge on any atom is -0.361 e. The summed E-state index contributed by atoms with van der Waals surface area (Å²) in [6.45, 7) is 1.95. The number of para-hydroxylation sites is 1. The Morgan fingerprint density at radius 2 is 1.93 bits per heavy atom. The molecule has 3 aromatic rings. The van der Waals surface area contributed by atoms with Crippen molar-refractivity contribution < 1.29 is 9.59 Å². The number of likely N-dealkylation sites (N-methyl/N-ethyl adjacent to an activating group) is 1. The van der Waals surface area contributed by atoms with E-state index in [4.69, 9.17) is 11.6 Å². The van der Waals surface area contributed by atoms with Crippen LogP contribution in [0.5, 0.6) is 0 Å². The highest BCUT2D eigenvalue weighted by molar-refractivity contribution is 6.17. The number of nitrogens with one attached hydrogen (secondary N) is 2. The van der Waals surface area contributed by atoms with Gasteiger partial charge in [-0.05, 0) is 36.2 Å². The first-order valence-corrected chi connectivity index (χ1v) is 9.82. The zero-order valence-corrected chi connectivity index (χ0v) is 16.7. The summed E-state index contributed by atoms with van der Waals surface area (Å²) in [5, 5.41) is 13.0. The number of alkyl halides is 1. The van der Waals surface area contributed by atoms with E-state index in [9.17, 15) is 14.9 Å². The van der Waals surface area contributed by atoms with Crippen molar-refractivity contribution in [1.82, 2.24) is 15.2 Å². The molecule has 3 rings (SSSR count). The van der Waals surface area contributed by atoms with E-state index in [1.165, 1.54) is 0 Å². The van der Waals surface area contributed by atoms with Gasteiger partial charge >= 0.3 is 0 Å². The molecule has 1 aromatic heterocycles. The molecule has 1 heterocycles. The second-order valence-electron chi connectivity index (χ2n) is 6.60. The largest absolute Gasteiger partial charge is 0.361 e. The number of nitrogens with zero attached hydrogens (tertiary/aromatic N) is 2. The lowest BCUT2D eigenvalue weighted by Gasteiger charge is -2.21. The number of hydrogen-bond acceptors (Lipinski definition) is 3. The number of carbonyl (C=O) groups excluding carboxylic acids is 2.